The van der Waals surface area contributed by atoms with Crippen molar-refractivity contribution in [2.75, 3.05) is 0 Å². The van der Waals surface area contributed by atoms with Crippen molar-refractivity contribution in [2.45, 2.75) is 32.3 Å². The molecule has 2 rings (SSSR count). The van der Waals surface area contributed by atoms with Crippen molar-refractivity contribution in [1.82, 2.24) is 0 Å². The van der Waals surface area contributed by atoms with E-state index < -0.39 is 17.7 Å². The van der Waals surface area contributed by atoms with Gasteiger partial charge in [-0.3, -0.25) is 0 Å². The molecule has 20 heavy (non-hydrogen) atoms. The van der Waals surface area contributed by atoms with E-state index in [0.717, 1.165) is 31.4 Å². The molecule has 1 atom stereocenters. The molecule has 2 aromatic rings. The summed E-state index contributed by atoms with van der Waals surface area (Å²) in [6, 6.07) is 11.1. The minimum absolute atomic E-state index is 0.352. The average molecular weight is 276 g/mol. The number of rotatable bonds is 5. The summed E-state index contributed by atoms with van der Waals surface area (Å²) in [6.07, 6.45) is 2.34. The van der Waals surface area contributed by atoms with Crippen LogP contribution in [0, 0.1) is 11.6 Å². The number of hydrogen-bond donors (Lipinski definition) is 1. The van der Waals surface area contributed by atoms with Crippen LogP contribution in [0.3, 0.4) is 0 Å². The summed E-state index contributed by atoms with van der Waals surface area (Å²) >= 11 is 0. The van der Waals surface area contributed by atoms with Gasteiger partial charge in [-0.15, -0.1) is 0 Å². The van der Waals surface area contributed by atoms with E-state index in [4.69, 9.17) is 0 Å². The molecule has 0 aliphatic rings. The summed E-state index contributed by atoms with van der Waals surface area (Å²) in [7, 11) is 0. The summed E-state index contributed by atoms with van der Waals surface area (Å²) in [6.45, 7) is 2.14. The molecule has 0 heterocycles. The summed E-state index contributed by atoms with van der Waals surface area (Å²) in [5.74, 6) is -1.85. The lowest BCUT2D eigenvalue weighted by molar-refractivity contribution is 0.219. The quantitative estimate of drug-likeness (QED) is 0.858. The van der Waals surface area contributed by atoms with E-state index in [0.29, 0.717) is 11.1 Å². The van der Waals surface area contributed by atoms with Gasteiger partial charge in [-0.2, -0.15) is 0 Å². The third-order valence-corrected chi connectivity index (χ3v) is 3.37. The van der Waals surface area contributed by atoms with Crippen LogP contribution >= 0.6 is 0 Å². The van der Waals surface area contributed by atoms with Crippen LogP contribution in [-0.4, -0.2) is 5.11 Å². The molecule has 0 fully saturated rings. The van der Waals surface area contributed by atoms with Crippen LogP contribution in [0.1, 0.15) is 42.6 Å². The Bertz CT molecular complexity index is 564. The van der Waals surface area contributed by atoms with Gasteiger partial charge in [-0.25, -0.2) is 8.78 Å². The molecule has 0 amide bonds. The Morgan fingerprint density at radius 1 is 0.950 bits per heavy atom. The molecule has 1 unspecified atom stereocenters. The minimum Gasteiger partial charge on any atom is -0.384 e. The molecule has 0 aliphatic carbocycles. The molecule has 0 saturated heterocycles. The highest BCUT2D eigenvalue weighted by Crippen LogP contribution is 2.24. The van der Waals surface area contributed by atoms with E-state index in [9.17, 15) is 13.9 Å². The first-order valence-corrected chi connectivity index (χ1v) is 6.83. The maximum atomic E-state index is 13.2. The fourth-order valence-electron chi connectivity index (χ4n) is 2.12. The van der Waals surface area contributed by atoms with Crippen LogP contribution in [-0.2, 0) is 6.42 Å². The van der Waals surface area contributed by atoms with Crippen molar-refractivity contribution in [3.05, 3.63) is 70.8 Å². The zero-order valence-corrected chi connectivity index (χ0v) is 11.4. The Hall–Kier alpha value is -1.74. The van der Waals surface area contributed by atoms with E-state index in [1.807, 2.05) is 24.3 Å². The van der Waals surface area contributed by atoms with Gasteiger partial charge in [0.25, 0.3) is 0 Å². The second kappa shape index (κ2) is 6.62. The Morgan fingerprint density at radius 2 is 1.60 bits per heavy atom. The minimum atomic E-state index is -0.943. The highest BCUT2D eigenvalue weighted by atomic mass is 19.2. The zero-order chi connectivity index (χ0) is 14.5. The Labute approximate surface area is 117 Å². The molecule has 0 bridgehead atoms. The van der Waals surface area contributed by atoms with Gasteiger partial charge in [0.05, 0.1) is 0 Å². The molecule has 0 saturated carbocycles. The van der Waals surface area contributed by atoms with Crippen molar-refractivity contribution in [1.29, 1.82) is 0 Å². The van der Waals surface area contributed by atoms with Crippen LogP contribution in [0.25, 0.3) is 0 Å². The first kappa shape index (κ1) is 14.7. The van der Waals surface area contributed by atoms with Crippen LogP contribution < -0.4 is 0 Å². The van der Waals surface area contributed by atoms with Crippen LogP contribution in [0.2, 0.25) is 0 Å². The Balaban J connectivity index is 2.15. The Kier molecular flexibility index (Phi) is 4.85. The molecular formula is C17H18F2O. The lowest BCUT2D eigenvalue weighted by Crippen LogP contribution is -2.01. The predicted octanol–water partition coefficient (Wildman–Crippen LogP) is 4.39. The largest absolute Gasteiger partial charge is 0.384 e. The van der Waals surface area contributed by atoms with Crippen molar-refractivity contribution < 1.29 is 13.9 Å². The van der Waals surface area contributed by atoms with Gasteiger partial charge < -0.3 is 5.11 Å². The number of halogens is 2. The van der Waals surface area contributed by atoms with E-state index >= 15 is 0 Å². The van der Waals surface area contributed by atoms with Gasteiger partial charge in [0.2, 0.25) is 0 Å². The van der Waals surface area contributed by atoms with Crippen molar-refractivity contribution in [3.63, 3.8) is 0 Å². The summed E-state index contributed by atoms with van der Waals surface area (Å²) in [5.41, 5.74) is 2.24. The lowest BCUT2D eigenvalue weighted by atomic mass is 9.99. The number of hydrogen-bond acceptors (Lipinski definition) is 1. The normalized spacial score (nSPS) is 12.4. The molecule has 1 nitrogen and oxygen atoms in total. The smallest absolute Gasteiger partial charge is 0.159 e. The van der Waals surface area contributed by atoms with Gasteiger partial charge in [-0.05, 0) is 41.7 Å². The first-order chi connectivity index (χ1) is 9.61. The fraction of sp³-hybridized carbons (Fsp3) is 0.294. The van der Waals surface area contributed by atoms with E-state index in [1.54, 1.807) is 0 Å². The third kappa shape index (κ3) is 3.42. The molecule has 3 heteroatoms. The van der Waals surface area contributed by atoms with Gasteiger partial charge >= 0.3 is 0 Å². The van der Waals surface area contributed by atoms with Crippen LogP contribution in [0.15, 0.2) is 42.5 Å². The number of aryl methyl sites for hydroxylation is 1. The standard InChI is InChI=1S/C17H18F2O/c1-2-3-4-12-5-7-13(8-6-12)17(20)14-9-10-15(18)16(19)11-14/h5-11,17,20H,2-4H2,1H3. The monoisotopic (exact) mass is 276 g/mol. The second-order valence-electron chi connectivity index (χ2n) is 4.92. The van der Waals surface area contributed by atoms with E-state index in [2.05, 4.69) is 6.92 Å². The third-order valence-electron chi connectivity index (χ3n) is 3.37. The van der Waals surface area contributed by atoms with Gasteiger partial charge in [0.1, 0.15) is 6.10 Å². The van der Waals surface area contributed by atoms with Crippen molar-refractivity contribution >= 4 is 0 Å². The van der Waals surface area contributed by atoms with Gasteiger partial charge in [0.15, 0.2) is 11.6 Å². The number of benzene rings is 2. The Morgan fingerprint density at radius 3 is 2.20 bits per heavy atom. The molecule has 0 spiro atoms. The highest BCUT2D eigenvalue weighted by Gasteiger charge is 2.12. The number of unbranched alkanes of at least 4 members (excludes halogenated alkanes) is 1. The highest BCUT2D eigenvalue weighted by molar-refractivity contribution is 5.32. The molecule has 0 aromatic heterocycles. The van der Waals surface area contributed by atoms with E-state index in [-0.39, 0.29) is 0 Å². The molecule has 0 aliphatic heterocycles. The zero-order valence-electron chi connectivity index (χ0n) is 11.4. The van der Waals surface area contributed by atoms with E-state index in [1.165, 1.54) is 11.6 Å². The molecular weight excluding hydrogens is 258 g/mol. The molecule has 106 valence electrons. The second-order valence-corrected chi connectivity index (χ2v) is 4.92. The first-order valence-electron chi connectivity index (χ1n) is 6.83. The maximum Gasteiger partial charge on any atom is 0.159 e. The van der Waals surface area contributed by atoms with Gasteiger partial charge in [-0.1, -0.05) is 43.7 Å². The van der Waals surface area contributed by atoms with Crippen molar-refractivity contribution in [3.8, 4) is 0 Å². The number of aliphatic hydroxyl groups is 1. The summed E-state index contributed by atoms with van der Waals surface area (Å²) in [5, 5.41) is 10.2. The van der Waals surface area contributed by atoms with Gasteiger partial charge in [0, 0.05) is 0 Å². The SMILES string of the molecule is CCCCc1ccc(C(O)c2ccc(F)c(F)c2)cc1. The molecule has 2 aromatic carbocycles. The lowest BCUT2D eigenvalue weighted by Gasteiger charge is -2.12. The molecule has 1 N–H and O–H groups in total. The summed E-state index contributed by atoms with van der Waals surface area (Å²) < 4.78 is 26.1. The maximum absolute atomic E-state index is 13.2. The fourth-order valence-corrected chi connectivity index (χ4v) is 2.12. The summed E-state index contributed by atoms with van der Waals surface area (Å²) in [4.78, 5) is 0. The topological polar surface area (TPSA) is 20.2 Å². The predicted molar refractivity (Wildman–Crippen MR) is 75.5 cm³/mol. The van der Waals surface area contributed by atoms with Crippen LogP contribution in [0.5, 0.6) is 0 Å². The number of aliphatic hydroxyl groups excluding tert-OH is 1. The van der Waals surface area contributed by atoms with Crippen molar-refractivity contribution in [2.24, 2.45) is 0 Å². The average Bonchev–Trinajstić information content (AvgIpc) is 2.48. The van der Waals surface area contributed by atoms with Crippen LogP contribution in [0.4, 0.5) is 8.78 Å². The molecule has 0 radical (unpaired) electrons.